The molecule has 1 unspecified atom stereocenters. The zero-order valence-electron chi connectivity index (χ0n) is 28.0. The van der Waals surface area contributed by atoms with Crippen LogP contribution in [0, 0.1) is 5.92 Å². The van der Waals surface area contributed by atoms with Gasteiger partial charge in [-0.1, -0.05) is 165 Å². The third-order valence-electron chi connectivity index (χ3n) is 11.3. The van der Waals surface area contributed by atoms with Gasteiger partial charge in [0.1, 0.15) is 8.07 Å². The van der Waals surface area contributed by atoms with Crippen molar-refractivity contribution >= 4 is 62.3 Å². The maximum atomic E-state index is 2.59. The summed E-state index contributed by atoms with van der Waals surface area (Å²) in [5, 5.41) is 13.7. The molecule has 0 aromatic heterocycles. The first-order valence-corrected chi connectivity index (χ1v) is 20.2. The summed E-state index contributed by atoms with van der Waals surface area (Å²) in [6.45, 7) is 9.93. The molecule has 7 aromatic carbocycles. The van der Waals surface area contributed by atoms with Crippen LogP contribution in [-0.2, 0) is 0 Å². The van der Waals surface area contributed by atoms with Crippen molar-refractivity contribution in [2.24, 2.45) is 5.92 Å². The van der Waals surface area contributed by atoms with E-state index in [-0.39, 0.29) is 5.92 Å². The van der Waals surface area contributed by atoms with Crippen molar-refractivity contribution in [1.82, 2.24) is 0 Å². The second-order valence-corrected chi connectivity index (χ2v) is 18.7. The van der Waals surface area contributed by atoms with E-state index in [0.29, 0.717) is 0 Å². The molecule has 1 atom stereocenters. The average Bonchev–Trinajstić information content (AvgIpc) is 3.32. The van der Waals surface area contributed by atoms with Gasteiger partial charge in [-0.05, 0) is 106 Å². The normalized spacial score (nSPS) is 17.8. The minimum Gasteiger partial charge on any atom is -0.0713 e. The first-order valence-electron chi connectivity index (χ1n) is 17.2. The molecule has 1 aliphatic carbocycles. The third-order valence-corrected chi connectivity index (χ3v) is 15.2. The van der Waals surface area contributed by atoms with Crippen LogP contribution >= 0.6 is 0 Å². The zero-order chi connectivity index (χ0) is 32.6. The van der Waals surface area contributed by atoms with Gasteiger partial charge in [0.25, 0.3) is 0 Å². The Bertz CT molecular complexity index is 2670. The first-order chi connectivity index (χ1) is 23.4. The summed E-state index contributed by atoms with van der Waals surface area (Å²) in [4.78, 5) is 0. The highest BCUT2D eigenvalue weighted by molar-refractivity contribution is 6.99. The molecule has 7 aromatic rings. The maximum absolute atomic E-state index is 2.59. The van der Waals surface area contributed by atoms with Crippen molar-refractivity contribution in [3.8, 4) is 0 Å². The molecule has 0 radical (unpaired) electrons. The highest BCUT2D eigenvalue weighted by Crippen LogP contribution is 2.43. The number of hydrogen-bond donors (Lipinski definition) is 0. The Hall–Kier alpha value is -5.24. The first kappa shape index (κ1) is 28.9. The standard InChI is InChI=1S/C47H38Si/c1-30-43(29-44-31(2)48(3,4)47-39-18-10-9-15-34(39)25-26-42(44)47)46(38-24-22-33-14-6-8-17-36(33)28-38)41-20-12-11-19-40(41)45(30)37-23-21-32-13-5-7-16-35(32)27-37/h5-30H,1-4H3. The number of allylic oxidation sites excluding steroid dienone is 4. The van der Waals surface area contributed by atoms with Gasteiger partial charge in [0.2, 0.25) is 0 Å². The Kier molecular flexibility index (Phi) is 6.57. The van der Waals surface area contributed by atoms with Crippen LogP contribution in [0.15, 0.2) is 162 Å². The molecule has 0 bridgehead atoms. The van der Waals surface area contributed by atoms with E-state index in [4.69, 9.17) is 0 Å². The van der Waals surface area contributed by atoms with Crippen molar-refractivity contribution in [1.29, 1.82) is 0 Å². The van der Waals surface area contributed by atoms with E-state index >= 15 is 0 Å². The molecule has 2 aliphatic rings. The van der Waals surface area contributed by atoms with Crippen molar-refractivity contribution < 1.29 is 0 Å². The van der Waals surface area contributed by atoms with Crippen LogP contribution in [-0.4, -0.2) is 8.07 Å². The summed E-state index contributed by atoms with van der Waals surface area (Å²) in [6, 6.07) is 54.3. The predicted molar refractivity (Wildman–Crippen MR) is 210 cm³/mol. The fourth-order valence-electron chi connectivity index (χ4n) is 8.56. The van der Waals surface area contributed by atoms with Crippen LogP contribution < -0.4 is 15.6 Å². The zero-order valence-corrected chi connectivity index (χ0v) is 29.0. The second-order valence-electron chi connectivity index (χ2n) is 14.2. The van der Waals surface area contributed by atoms with Crippen LogP contribution in [0.3, 0.4) is 0 Å². The number of fused-ring (bicyclic) bond motifs is 6. The number of rotatable bonds is 3. The van der Waals surface area contributed by atoms with E-state index in [2.05, 4.69) is 179 Å². The lowest BCUT2D eigenvalue weighted by Crippen LogP contribution is -2.41. The highest BCUT2D eigenvalue weighted by atomic mass is 28.3. The van der Waals surface area contributed by atoms with Gasteiger partial charge in [0.15, 0.2) is 0 Å². The third kappa shape index (κ3) is 4.35. The van der Waals surface area contributed by atoms with Gasteiger partial charge in [-0.15, -0.1) is 0 Å². The molecule has 0 N–H and O–H groups in total. The molecule has 0 nitrogen and oxygen atoms in total. The fourth-order valence-corrected chi connectivity index (χ4v) is 11.6. The minimum absolute atomic E-state index is 0.178. The Morgan fingerprint density at radius 2 is 1.08 bits per heavy atom. The molecule has 1 heteroatoms. The molecule has 0 spiro atoms. The summed E-state index contributed by atoms with van der Waals surface area (Å²) >= 11 is 0. The molecular formula is C47H38Si. The Balaban J connectivity index is 1.37. The van der Waals surface area contributed by atoms with Gasteiger partial charge in [-0.25, -0.2) is 0 Å². The predicted octanol–water partition coefficient (Wildman–Crippen LogP) is 10.1. The molecule has 0 fully saturated rings. The maximum Gasteiger partial charge on any atom is 0.109 e. The van der Waals surface area contributed by atoms with Gasteiger partial charge in [0, 0.05) is 5.92 Å². The van der Waals surface area contributed by atoms with E-state index in [1.807, 2.05) is 0 Å². The minimum atomic E-state index is -1.90. The molecule has 1 aliphatic heterocycles. The van der Waals surface area contributed by atoms with Crippen LogP contribution in [0.1, 0.15) is 30.5 Å². The largest absolute Gasteiger partial charge is 0.109 e. The van der Waals surface area contributed by atoms with Crippen molar-refractivity contribution in [2.75, 3.05) is 0 Å². The molecule has 0 saturated heterocycles. The van der Waals surface area contributed by atoms with Crippen LogP contribution in [0.5, 0.6) is 0 Å². The lowest BCUT2D eigenvalue weighted by molar-refractivity contribution is 0.901. The average molecular weight is 631 g/mol. The van der Waals surface area contributed by atoms with Crippen LogP contribution in [0.4, 0.5) is 0 Å². The highest BCUT2D eigenvalue weighted by Gasteiger charge is 2.38. The van der Waals surface area contributed by atoms with Gasteiger partial charge in [-0.3, -0.25) is 0 Å². The van der Waals surface area contributed by atoms with E-state index in [9.17, 15) is 0 Å². The van der Waals surface area contributed by atoms with E-state index in [1.165, 1.54) is 81.7 Å². The lowest BCUT2D eigenvalue weighted by Gasteiger charge is -2.28. The summed E-state index contributed by atoms with van der Waals surface area (Å²) < 4.78 is 0. The summed E-state index contributed by atoms with van der Waals surface area (Å²) in [7, 11) is -1.90. The van der Waals surface area contributed by atoms with Crippen LogP contribution in [0.25, 0.3) is 49.0 Å². The SMILES string of the molecule is CC1=C(C=C2C(c3ccc4ccccc4c3)=c3ccccc3=C(c3ccc4ccccc4c3)C2C)c2ccc3ccccc3c2[Si]1(C)C. The lowest BCUT2D eigenvalue weighted by atomic mass is 9.75. The van der Waals surface area contributed by atoms with E-state index in [0.717, 1.165) is 0 Å². The Labute approximate surface area is 283 Å². The van der Waals surface area contributed by atoms with Crippen molar-refractivity contribution in [3.05, 3.63) is 190 Å². The monoisotopic (exact) mass is 630 g/mol. The van der Waals surface area contributed by atoms with Crippen molar-refractivity contribution in [3.63, 3.8) is 0 Å². The van der Waals surface area contributed by atoms with Crippen LogP contribution in [0.2, 0.25) is 13.1 Å². The smallest absolute Gasteiger partial charge is 0.0713 e. The second kappa shape index (κ2) is 10.9. The van der Waals surface area contributed by atoms with Gasteiger partial charge in [-0.2, -0.15) is 0 Å². The number of benzene rings is 7. The topological polar surface area (TPSA) is 0 Å². The van der Waals surface area contributed by atoms with Gasteiger partial charge < -0.3 is 0 Å². The fraction of sp³-hybridized carbons (Fsp3) is 0.106. The Morgan fingerprint density at radius 1 is 0.542 bits per heavy atom. The molecule has 0 saturated carbocycles. The van der Waals surface area contributed by atoms with E-state index in [1.54, 1.807) is 10.4 Å². The summed E-state index contributed by atoms with van der Waals surface area (Å²) in [5.74, 6) is 0.178. The molecule has 1 heterocycles. The number of hydrogen-bond acceptors (Lipinski definition) is 0. The van der Waals surface area contributed by atoms with Gasteiger partial charge in [0.05, 0.1) is 0 Å². The summed E-state index contributed by atoms with van der Waals surface area (Å²) in [6.07, 6.45) is 2.59. The van der Waals surface area contributed by atoms with Crippen molar-refractivity contribution in [2.45, 2.75) is 26.9 Å². The Morgan fingerprint density at radius 3 is 1.79 bits per heavy atom. The molecular weight excluding hydrogens is 593 g/mol. The quantitative estimate of drug-likeness (QED) is 0.171. The van der Waals surface area contributed by atoms with Gasteiger partial charge >= 0.3 is 0 Å². The summed E-state index contributed by atoms with van der Waals surface area (Å²) in [5.41, 5.74) is 9.57. The van der Waals surface area contributed by atoms with E-state index < -0.39 is 8.07 Å². The molecule has 230 valence electrons. The molecule has 9 rings (SSSR count). The molecule has 48 heavy (non-hydrogen) atoms. The molecule has 0 amide bonds.